The molecule has 1 aliphatic rings. The smallest absolute Gasteiger partial charge is 0.317 e. The predicted octanol–water partition coefficient (Wildman–Crippen LogP) is 3.24. The molecule has 0 atom stereocenters. The number of rotatable bonds is 6. The van der Waals surface area contributed by atoms with Gasteiger partial charge in [-0.1, -0.05) is 24.3 Å². The zero-order chi connectivity index (χ0) is 22.3. The third-order valence-electron chi connectivity index (χ3n) is 5.29. The van der Waals surface area contributed by atoms with Gasteiger partial charge in [0.05, 0.1) is 12.1 Å². The molecule has 7 nitrogen and oxygen atoms in total. The molecule has 1 aromatic carbocycles. The number of anilines is 1. The van der Waals surface area contributed by atoms with Crippen molar-refractivity contribution >= 4 is 29.1 Å². The minimum atomic E-state index is -0.336. The molecule has 0 radical (unpaired) electrons. The highest BCUT2D eigenvalue weighted by molar-refractivity contribution is 7.09. The summed E-state index contributed by atoms with van der Waals surface area (Å²) in [7, 11) is 0. The molecule has 0 aliphatic carbocycles. The number of aromatic nitrogens is 1. The van der Waals surface area contributed by atoms with Crippen LogP contribution in [-0.4, -0.2) is 48.0 Å². The van der Waals surface area contributed by atoms with Gasteiger partial charge in [0.1, 0.15) is 11.6 Å². The normalized spacial score (nSPS) is 13.7. The summed E-state index contributed by atoms with van der Waals surface area (Å²) in [6, 6.07) is 13.6. The summed E-state index contributed by atoms with van der Waals surface area (Å²) in [6.07, 6.45) is 1.67. The van der Waals surface area contributed by atoms with Crippen molar-refractivity contribution in [2.45, 2.75) is 13.1 Å². The zero-order valence-corrected chi connectivity index (χ0v) is 18.3. The minimum absolute atomic E-state index is 0.139. The van der Waals surface area contributed by atoms with E-state index in [0.717, 1.165) is 4.88 Å². The molecule has 1 aliphatic heterocycles. The van der Waals surface area contributed by atoms with Crippen molar-refractivity contribution in [2.24, 2.45) is 0 Å². The van der Waals surface area contributed by atoms with Crippen molar-refractivity contribution in [1.29, 1.82) is 0 Å². The number of amides is 3. The van der Waals surface area contributed by atoms with Gasteiger partial charge in [-0.3, -0.25) is 4.79 Å². The number of nitrogens with zero attached hydrogens (tertiary/aromatic N) is 3. The largest absolute Gasteiger partial charge is 0.352 e. The van der Waals surface area contributed by atoms with E-state index < -0.39 is 0 Å². The number of thiophene rings is 1. The van der Waals surface area contributed by atoms with Gasteiger partial charge in [0.25, 0.3) is 5.91 Å². The third-order valence-corrected chi connectivity index (χ3v) is 6.17. The fourth-order valence-corrected chi connectivity index (χ4v) is 4.19. The molecule has 1 saturated heterocycles. The first kappa shape index (κ1) is 21.8. The number of benzene rings is 1. The number of piperazine rings is 1. The lowest BCUT2D eigenvalue weighted by Crippen LogP contribution is -2.52. The Kier molecular flexibility index (Phi) is 6.96. The van der Waals surface area contributed by atoms with Crippen LogP contribution in [-0.2, 0) is 13.1 Å². The SMILES string of the molecule is O=C(NCc1cccs1)c1cccnc1N1CCN(C(=O)NCc2ccccc2F)CC1. The van der Waals surface area contributed by atoms with Gasteiger partial charge in [-0.25, -0.2) is 14.2 Å². The lowest BCUT2D eigenvalue weighted by atomic mass is 10.2. The van der Waals surface area contributed by atoms with E-state index in [1.54, 1.807) is 52.8 Å². The second-order valence-corrected chi connectivity index (χ2v) is 8.39. The Labute approximate surface area is 189 Å². The lowest BCUT2D eigenvalue weighted by Gasteiger charge is -2.36. The Balaban J connectivity index is 1.32. The van der Waals surface area contributed by atoms with Crippen LogP contribution in [0.2, 0.25) is 0 Å². The fraction of sp³-hybridized carbons (Fsp3) is 0.261. The molecule has 32 heavy (non-hydrogen) atoms. The summed E-state index contributed by atoms with van der Waals surface area (Å²) < 4.78 is 13.7. The van der Waals surface area contributed by atoms with Crippen molar-refractivity contribution in [1.82, 2.24) is 20.5 Å². The molecule has 2 N–H and O–H groups in total. The monoisotopic (exact) mass is 453 g/mol. The van der Waals surface area contributed by atoms with Gasteiger partial charge in [0.15, 0.2) is 0 Å². The van der Waals surface area contributed by atoms with E-state index in [2.05, 4.69) is 15.6 Å². The average molecular weight is 454 g/mol. The van der Waals surface area contributed by atoms with Crippen molar-refractivity contribution in [3.05, 3.63) is 81.9 Å². The van der Waals surface area contributed by atoms with E-state index in [1.165, 1.54) is 6.07 Å². The summed E-state index contributed by atoms with van der Waals surface area (Å²) in [5.41, 5.74) is 0.965. The maximum atomic E-state index is 13.7. The molecule has 3 amide bonds. The van der Waals surface area contributed by atoms with Crippen molar-refractivity contribution in [2.75, 3.05) is 31.1 Å². The second kappa shape index (κ2) is 10.2. The summed E-state index contributed by atoms with van der Waals surface area (Å²) in [6.45, 7) is 2.68. The van der Waals surface area contributed by atoms with Crippen LogP contribution < -0.4 is 15.5 Å². The molecule has 0 unspecified atom stereocenters. The molecule has 1 fully saturated rings. The van der Waals surface area contributed by atoms with Crippen LogP contribution in [0.5, 0.6) is 0 Å². The number of carbonyl (C=O) groups excluding carboxylic acids is 2. The molecule has 0 saturated carbocycles. The highest BCUT2D eigenvalue weighted by Gasteiger charge is 2.25. The van der Waals surface area contributed by atoms with Crippen molar-refractivity contribution in [3.63, 3.8) is 0 Å². The van der Waals surface area contributed by atoms with Crippen LogP contribution in [0, 0.1) is 5.82 Å². The maximum Gasteiger partial charge on any atom is 0.317 e. The predicted molar refractivity (Wildman–Crippen MR) is 122 cm³/mol. The Bertz CT molecular complexity index is 1070. The highest BCUT2D eigenvalue weighted by Crippen LogP contribution is 2.19. The maximum absolute atomic E-state index is 13.7. The molecular weight excluding hydrogens is 429 g/mol. The minimum Gasteiger partial charge on any atom is -0.352 e. The molecule has 9 heteroatoms. The molecule has 0 spiro atoms. The number of pyridine rings is 1. The van der Waals surface area contributed by atoms with Gasteiger partial charge in [0.2, 0.25) is 0 Å². The van der Waals surface area contributed by atoms with E-state index in [1.807, 2.05) is 22.4 Å². The van der Waals surface area contributed by atoms with Gasteiger partial charge >= 0.3 is 6.03 Å². The first-order valence-electron chi connectivity index (χ1n) is 10.4. The topological polar surface area (TPSA) is 77.6 Å². The van der Waals surface area contributed by atoms with Gasteiger partial charge in [0, 0.05) is 49.4 Å². The van der Waals surface area contributed by atoms with Gasteiger partial charge in [-0.2, -0.15) is 0 Å². The van der Waals surface area contributed by atoms with Gasteiger partial charge in [-0.05, 0) is 29.6 Å². The molecule has 4 rings (SSSR count). The number of hydrogen-bond acceptors (Lipinski definition) is 5. The summed E-state index contributed by atoms with van der Waals surface area (Å²) in [4.78, 5) is 34.5. The van der Waals surface area contributed by atoms with E-state index in [9.17, 15) is 14.0 Å². The van der Waals surface area contributed by atoms with Gasteiger partial charge < -0.3 is 20.4 Å². The number of hydrogen-bond donors (Lipinski definition) is 2. The number of halogens is 1. The fourth-order valence-electron chi connectivity index (χ4n) is 3.55. The highest BCUT2D eigenvalue weighted by atomic mass is 32.1. The van der Waals surface area contributed by atoms with Crippen LogP contribution in [0.15, 0.2) is 60.1 Å². The Morgan fingerprint density at radius 1 is 0.969 bits per heavy atom. The Hall–Kier alpha value is -3.46. The van der Waals surface area contributed by atoms with Crippen LogP contribution in [0.3, 0.4) is 0 Å². The van der Waals surface area contributed by atoms with E-state index in [-0.39, 0.29) is 24.3 Å². The van der Waals surface area contributed by atoms with E-state index >= 15 is 0 Å². The quantitative estimate of drug-likeness (QED) is 0.601. The molecule has 0 bridgehead atoms. The first-order chi connectivity index (χ1) is 15.6. The second-order valence-electron chi connectivity index (χ2n) is 7.36. The zero-order valence-electron chi connectivity index (χ0n) is 17.5. The molecule has 2 aromatic heterocycles. The summed E-state index contributed by atoms with van der Waals surface area (Å²) >= 11 is 1.59. The Morgan fingerprint density at radius 3 is 2.53 bits per heavy atom. The van der Waals surface area contributed by atoms with Crippen LogP contribution in [0.4, 0.5) is 15.0 Å². The average Bonchev–Trinajstić information content (AvgIpc) is 3.36. The van der Waals surface area contributed by atoms with Gasteiger partial charge in [-0.15, -0.1) is 11.3 Å². The van der Waals surface area contributed by atoms with E-state index in [0.29, 0.717) is 49.7 Å². The molecule has 3 heterocycles. The summed E-state index contributed by atoms with van der Waals surface area (Å²) in [5, 5.41) is 7.69. The van der Waals surface area contributed by atoms with E-state index in [4.69, 9.17) is 0 Å². The standard InChI is InChI=1S/C23H24FN5O2S/c24-20-8-2-1-5-17(20)15-27-23(31)29-12-10-28(11-13-29)21-19(7-3-9-25-21)22(30)26-16-18-6-4-14-32-18/h1-9,14H,10-13,15-16H2,(H,26,30)(H,27,31). The number of carbonyl (C=O) groups is 2. The first-order valence-corrected chi connectivity index (χ1v) is 11.3. The number of urea groups is 1. The van der Waals surface area contributed by atoms with Crippen molar-refractivity contribution in [3.8, 4) is 0 Å². The Morgan fingerprint density at radius 2 is 1.78 bits per heavy atom. The summed E-state index contributed by atoms with van der Waals surface area (Å²) in [5.74, 6) is 0.104. The lowest BCUT2D eigenvalue weighted by molar-refractivity contribution is 0.0951. The molecule has 3 aromatic rings. The third kappa shape index (κ3) is 5.23. The van der Waals surface area contributed by atoms with Crippen LogP contribution >= 0.6 is 11.3 Å². The van der Waals surface area contributed by atoms with Crippen LogP contribution in [0.1, 0.15) is 20.8 Å². The number of nitrogens with one attached hydrogen (secondary N) is 2. The van der Waals surface area contributed by atoms with Crippen molar-refractivity contribution < 1.29 is 14.0 Å². The molecule has 166 valence electrons. The molecular formula is C23H24FN5O2S. The van der Waals surface area contributed by atoms with Crippen LogP contribution in [0.25, 0.3) is 0 Å².